The zero-order valence-electron chi connectivity index (χ0n) is 15.8. The van der Waals surface area contributed by atoms with E-state index in [2.05, 4.69) is 9.97 Å². The van der Waals surface area contributed by atoms with Crippen molar-refractivity contribution in [2.24, 2.45) is 0 Å². The largest absolute Gasteiger partial charge is 0.473 e. The van der Waals surface area contributed by atoms with E-state index in [0.717, 1.165) is 31.4 Å². The van der Waals surface area contributed by atoms with Crippen molar-refractivity contribution < 1.29 is 18.7 Å². The smallest absolute Gasteiger partial charge is 0.257 e. The summed E-state index contributed by atoms with van der Waals surface area (Å²) in [6.45, 7) is 5.73. The molecule has 27 heavy (non-hydrogen) atoms. The van der Waals surface area contributed by atoms with Crippen LogP contribution in [0.5, 0.6) is 5.88 Å². The standard InChI is InChI=1S/C20H25N3O4/c1-14-11-17(15(2)26-14)19(24)23-8-4-20(5-9-23)12-16(3-10-25-20)27-18-13-21-6-7-22-18/h6-7,11,13,16H,3-5,8-10,12H2,1-2H3. The van der Waals surface area contributed by atoms with Gasteiger partial charge in [-0.1, -0.05) is 0 Å². The molecule has 2 fully saturated rings. The third kappa shape index (κ3) is 3.83. The maximum atomic E-state index is 12.8. The van der Waals surface area contributed by atoms with Gasteiger partial charge in [-0.2, -0.15) is 0 Å². The number of piperidine rings is 1. The number of furan rings is 1. The van der Waals surface area contributed by atoms with Crippen molar-refractivity contribution in [3.05, 3.63) is 41.7 Å². The molecule has 0 aliphatic carbocycles. The van der Waals surface area contributed by atoms with Crippen molar-refractivity contribution in [2.45, 2.75) is 51.2 Å². The summed E-state index contributed by atoms with van der Waals surface area (Å²) in [4.78, 5) is 22.9. The maximum absolute atomic E-state index is 12.8. The van der Waals surface area contributed by atoms with Crippen molar-refractivity contribution in [2.75, 3.05) is 19.7 Å². The summed E-state index contributed by atoms with van der Waals surface area (Å²) < 4.78 is 17.7. The lowest BCUT2D eigenvalue weighted by molar-refractivity contribution is -0.135. The number of hydrogen-bond donors (Lipinski definition) is 0. The Labute approximate surface area is 158 Å². The number of carbonyl (C=O) groups excluding carboxylic acids is 1. The minimum atomic E-state index is -0.219. The highest BCUT2D eigenvalue weighted by molar-refractivity contribution is 5.95. The van der Waals surface area contributed by atoms with E-state index in [1.54, 1.807) is 18.6 Å². The van der Waals surface area contributed by atoms with Crippen LogP contribution in [0.25, 0.3) is 0 Å². The molecule has 4 rings (SSSR count). The fourth-order valence-corrected chi connectivity index (χ4v) is 4.08. The molecule has 4 heterocycles. The van der Waals surface area contributed by atoms with E-state index in [-0.39, 0.29) is 17.6 Å². The van der Waals surface area contributed by atoms with Crippen molar-refractivity contribution in [1.82, 2.24) is 14.9 Å². The van der Waals surface area contributed by atoms with E-state index in [1.165, 1.54) is 0 Å². The molecule has 1 atom stereocenters. The lowest BCUT2D eigenvalue weighted by atomic mass is 9.83. The molecule has 0 N–H and O–H groups in total. The molecule has 2 aromatic rings. The molecule has 7 nitrogen and oxygen atoms in total. The van der Waals surface area contributed by atoms with Crippen molar-refractivity contribution in [1.29, 1.82) is 0 Å². The van der Waals surface area contributed by atoms with Gasteiger partial charge in [0, 0.05) is 38.3 Å². The van der Waals surface area contributed by atoms with Crippen LogP contribution >= 0.6 is 0 Å². The topological polar surface area (TPSA) is 77.7 Å². The molecule has 0 aromatic carbocycles. The van der Waals surface area contributed by atoms with Crippen LogP contribution in [0, 0.1) is 13.8 Å². The third-order valence-electron chi connectivity index (χ3n) is 5.51. The summed E-state index contributed by atoms with van der Waals surface area (Å²) in [7, 11) is 0. The molecule has 1 amide bonds. The number of ether oxygens (including phenoxy) is 2. The molecular formula is C20H25N3O4. The highest BCUT2D eigenvalue weighted by Gasteiger charge is 2.42. The second-order valence-electron chi connectivity index (χ2n) is 7.43. The number of aryl methyl sites for hydroxylation is 2. The number of carbonyl (C=O) groups is 1. The summed E-state index contributed by atoms with van der Waals surface area (Å²) >= 11 is 0. The van der Waals surface area contributed by atoms with Gasteiger partial charge in [-0.05, 0) is 32.8 Å². The summed E-state index contributed by atoms with van der Waals surface area (Å²) in [6, 6.07) is 1.82. The van der Waals surface area contributed by atoms with E-state index in [0.29, 0.717) is 36.9 Å². The average molecular weight is 371 g/mol. The van der Waals surface area contributed by atoms with E-state index >= 15 is 0 Å². The van der Waals surface area contributed by atoms with E-state index in [4.69, 9.17) is 13.9 Å². The number of amides is 1. The lowest BCUT2D eigenvalue weighted by Gasteiger charge is -2.45. The molecule has 2 aliphatic rings. The van der Waals surface area contributed by atoms with E-state index in [1.807, 2.05) is 24.8 Å². The second-order valence-corrected chi connectivity index (χ2v) is 7.43. The average Bonchev–Trinajstić information content (AvgIpc) is 3.01. The van der Waals surface area contributed by atoms with Gasteiger partial charge >= 0.3 is 0 Å². The van der Waals surface area contributed by atoms with Crippen LogP contribution in [0.4, 0.5) is 0 Å². The molecule has 144 valence electrons. The zero-order valence-corrected chi connectivity index (χ0v) is 15.8. The van der Waals surface area contributed by atoms with Crippen LogP contribution in [0.15, 0.2) is 29.1 Å². The van der Waals surface area contributed by atoms with Crippen LogP contribution in [-0.4, -0.2) is 52.2 Å². The Morgan fingerprint density at radius 2 is 2.11 bits per heavy atom. The minimum absolute atomic E-state index is 0.0439. The SMILES string of the molecule is Cc1cc(C(=O)N2CCC3(CC2)CC(Oc2cnccn2)CCO3)c(C)o1. The van der Waals surface area contributed by atoms with Gasteiger partial charge in [0.25, 0.3) is 5.91 Å². The monoisotopic (exact) mass is 371 g/mol. The van der Waals surface area contributed by atoms with Gasteiger partial charge in [0.15, 0.2) is 0 Å². The van der Waals surface area contributed by atoms with Crippen molar-refractivity contribution in [3.8, 4) is 5.88 Å². The van der Waals surface area contributed by atoms with Crippen LogP contribution in [0.3, 0.4) is 0 Å². The Balaban J connectivity index is 1.37. The molecule has 1 unspecified atom stereocenters. The Morgan fingerprint density at radius 1 is 1.30 bits per heavy atom. The maximum Gasteiger partial charge on any atom is 0.257 e. The molecule has 2 aliphatic heterocycles. The quantitative estimate of drug-likeness (QED) is 0.826. The number of aromatic nitrogens is 2. The molecular weight excluding hydrogens is 346 g/mol. The summed E-state index contributed by atoms with van der Waals surface area (Å²) in [5, 5.41) is 0. The predicted molar refractivity (Wildman–Crippen MR) is 97.7 cm³/mol. The molecule has 2 saturated heterocycles. The Bertz CT molecular complexity index is 797. The summed E-state index contributed by atoms with van der Waals surface area (Å²) in [5.41, 5.74) is 0.445. The normalized spacial score (nSPS) is 22.0. The van der Waals surface area contributed by atoms with Gasteiger partial charge < -0.3 is 18.8 Å². The number of nitrogens with zero attached hydrogens (tertiary/aromatic N) is 3. The third-order valence-corrected chi connectivity index (χ3v) is 5.51. The first-order valence-corrected chi connectivity index (χ1v) is 9.48. The Hall–Kier alpha value is -2.41. The summed E-state index contributed by atoms with van der Waals surface area (Å²) in [5.74, 6) is 2.05. The highest BCUT2D eigenvalue weighted by atomic mass is 16.5. The summed E-state index contributed by atoms with van der Waals surface area (Å²) in [6.07, 6.45) is 8.26. The van der Waals surface area contributed by atoms with Crippen molar-refractivity contribution >= 4 is 5.91 Å². The van der Waals surface area contributed by atoms with E-state index < -0.39 is 0 Å². The molecule has 0 bridgehead atoms. The molecule has 0 saturated carbocycles. The van der Waals surface area contributed by atoms with Gasteiger partial charge in [0.1, 0.15) is 17.6 Å². The lowest BCUT2D eigenvalue weighted by Crippen LogP contribution is -2.52. The first kappa shape index (κ1) is 18.0. The van der Waals surface area contributed by atoms with E-state index in [9.17, 15) is 4.79 Å². The fourth-order valence-electron chi connectivity index (χ4n) is 4.08. The first-order chi connectivity index (χ1) is 13.0. The molecule has 7 heteroatoms. The van der Waals surface area contributed by atoms with Crippen LogP contribution in [0.2, 0.25) is 0 Å². The van der Waals surface area contributed by atoms with Crippen LogP contribution in [-0.2, 0) is 4.74 Å². The fraction of sp³-hybridized carbons (Fsp3) is 0.550. The van der Waals surface area contributed by atoms with Crippen molar-refractivity contribution in [3.63, 3.8) is 0 Å². The zero-order chi connectivity index (χ0) is 18.9. The van der Waals surface area contributed by atoms with Gasteiger partial charge in [-0.3, -0.25) is 9.78 Å². The van der Waals surface area contributed by atoms with Crippen LogP contribution < -0.4 is 4.74 Å². The van der Waals surface area contributed by atoms with Crippen LogP contribution in [0.1, 0.15) is 47.6 Å². The van der Waals surface area contributed by atoms with Gasteiger partial charge in [-0.25, -0.2) is 4.98 Å². The number of likely N-dealkylation sites (tertiary alicyclic amines) is 1. The second kappa shape index (κ2) is 7.31. The minimum Gasteiger partial charge on any atom is -0.473 e. The number of rotatable bonds is 3. The first-order valence-electron chi connectivity index (χ1n) is 9.48. The molecule has 2 aromatic heterocycles. The predicted octanol–water partition coefficient (Wildman–Crippen LogP) is 2.92. The number of hydrogen-bond acceptors (Lipinski definition) is 6. The molecule has 1 spiro atoms. The Kier molecular flexibility index (Phi) is 4.86. The van der Waals surface area contributed by atoms with Gasteiger partial charge in [0.2, 0.25) is 5.88 Å². The Morgan fingerprint density at radius 3 is 2.78 bits per heavy atom. The van der Waals surface area contributed by atoms with Gasteiger partial charge in [-0.15, -0.1) is 0 Å². The highest BCUT2D eigenvalue weighted by Crippen LogP contribution is 2.36. The molecule has 0 radical (unpaired) electrons. The van der Waals surface area contributed by atoms with Gasteiger partial charge in [0.05, 0.1) is 24.0 Å².